The van der Waals surface area contributed by atoms with Crippen LogP contribution in [0.5, 0.6) is 0 Å². The summed E-state index contributed by atoms with van der Waals surface area (Å²) in [5.74, 6) is -5.72. The van der Waals surface area contributed by atoms with Gasteiger partial charge in [-0.3, -0.25) is 19.2 Å². The minimum absolute atomic E-state index is 0.0167. The van der Waals surface area contributed by atoms with Gasteiger partial charge in [-0.25, -0.2) is 4.79 Å². The number of hydrogen-bond donors (Lipinski definition) is 3. The summed E-state index contributed by atoms with van der Waals surface area (Å²) in [7, 11) is 0. The Morgan fingerprint density at radius 1 is 1.24 bits per heavy atom. The van der Waals surface area contributed by atoms with E-state index in [0.717, 1.165) is 0 Å². The maximum absolute atomic E-state index is 12.1. The molecule has 3 atom stereocenters. The second kappa shape index (κ2) is 9.60. The van der Waals surface area contributed by atoms with E-state index in [2.05, 4.69) is 10.6 Å². The molecule has 0 aromatic carbocycles. The molecule has 1 fully saturated rings. The van der Waals surface area contributed by atoms with Crippen molar-refractivity contribution in [3.8, 4) is 0 Å². The van der Waals surface area contributed by atoms with Crippen LogP contribution in [0.15, 0.2) is 0 Å². The molecule has 1 aliphatic heterocycles. The predicted molar refractivity (Wildman–Crippen MR) is 82.1 cm³/mol. The van der Waals surface area contributed by atoms with Crippen LogP contribution in [0, 0.1) is 5.92 Å². The summed E-state index contributed by atoms with van der Waals surface area (Å²) in [5, 5.41) is 14.0. The Morgan fingerprint density at radius 2 is 1.88 bits per heavy atom. The highest BCUT2D eigenvalue weighted by molar-refractivity contribution is 5.95. The predicted octanol–water partition coefficient (Wildman–Crippen LogP) is -1.03. The monoisotopic (exact) mass is 358 g/mol. The van der Waals surface area contributed by atoms with E-state index < -0.39 is 48.2 Å². The van der Waals surface area contributed by atoms with E-state index in [-0.39, 0.29) is 32.0 Å². The van der Waals surface area contributed by atoms with Gasteiger partial charge in [0.2, 0.25) is 11.8 Å². The molecular weight excluding hydrogens is 336 g/mol. The first-order chi connectivity index (χ1) is 11.8. The van der Waals surface area contributed by atoms with Crippen molar-refractivity contribution in [1.29, 1.82) is 0 Å². The van der Waals surface area contributed by atoms with E-state index in [1.165, 1.54) is 6.92 Å². The summed E-state index contributed by atoms with van der Waals surface area (Å²) >= 11 is 0. The summed E-state index contributed by atoms with van der Waals surface area (Å²) in [6.45, 7) is 3.14. The molecule has 0 aromatic rings. The van der Waals surface area contributed by atoms with Crippen LogP contribution in [-0.4, -0.2) is 60.1 Å². The SMILES string of the molecule is CCOC(=O)C[C@H](C(=O)OCC)[C@@H](NC(=O)[C@H]1CCC(=O)N1)C(=O)O. The first-order valence-corrected chi connectivity index (χ1v) is 7.94. The molecule has 3 N–H and O–H groups in total. The minimum Gasteiger partial charge on any atom is -0.480 e. The summed E-state index contributed by atoms with van der Waals surface area (Å²) in [4.78, 5) is 58.6. The van der Waals surface area contributed by atoms with Gasteiger partial charge < -0.3 is 25.2 Å². The number of carboxylic acids is 1. The zero-order chi connectivity index (χ0) is 19.0. The van der Waals surface area contributed by atoms with Gasteiger partial charge in [-0.05, 0) is 20.3 Å². The van der Waals surface area contributed by atoms with Crippen LogP contribution < -0.4 is 10.6 Å². The van der Waals surface area contributed by atoms with Crippen molar-refractivity contribution in [3.63, 3.8) is 0 Å². The Morgan fingerprint density at radius 3 is 2.36 bits per heavy atom. The lowest BCUT2D eigenvalue weighted by atomic mass is 9.95. The van der Waals surface area contributed by atoms with Gasteiger partial charge in [-0.2, -0.15) is 0 Å². The number of ether oxygens (including phenoxy) is 2. The van der Waals surface area contributed by atoms with E-state index >= 15 is 0 Å². The molecule has 2 amide bonds. The van der Waals surface area contributed by atoms with Crippen molar-refractivity contribution < 1.29 is 38.6 Å². The Hall–Kier alpha value is -2.65. The molecule has 0 aliphatic carbocycles. The molecule has 25 heavy (non-hydrogen) atoms. The van der Waals surface area contributed by atoms with Crippen LogP contribution in [0.4, 0.5) is 0 Å². The van der Waals surface area contributed by atoms with Gasteiger partial charge in [0, 0.05) is 6.42 Å². The van der Waals surface area contributed by atoms with Crippen LogP contribution in [0.25, 0.3) is 0 Å². The molecule has 0 radical (unpaired) electrons. The van der Waals surface area contributed by atoms with E-state index in [4.69, 9.17) is 9.47 Å². The maximum Gasteiger partial charge on any atom is 0.327 e. The van der Waals surface area contributed by atoms with Crippen LogP contribution in [0.3, 0.4) is 0 Å². The number of aliphatic carboxylic acids is 1. The first kappa shape index (κ1) is 20.4. The third kappa shape index (κ3) is 6.05. The zero-order valence-corrected chi connectivity index (χ0v) is 14.1. The van der Waals surface area contributed by atoms with E-state index in [9.17, 15) is 29.1 Å². The number of nitrogens with one attached hydrogen (secondary N) is 2. The molecule has 1 heterocycles. The largest absolute Gasteiger partial charge is 0.480 e. The van der Waals surface area contributed by atoms with Crippen LogP contribution >= 0.6 is 0 Å². The van der Waals surface area contributed by atoms with Crippen molar-refractivity contribution in [2.75, 3.05) is 13.2 Å². The van der Waals surface area contributed by atoms with Gasteiger partial charge in [0.1, 0.15) is 12.1 Å². The van der Waals surface area contributed by atoms with Crippen LogP contribution in [0.1, 0.15) is 33.1 Å². The molecule has 1 rings (SSSR count). The molecule has 140 valence electrons. The quantitative estimate of drug-likeness (QED) is 0.443. The number of esters is 2. The minimum atomic E-state index is -1.69. The van der Waals surface area contributed by atoms with Gasteiger partial charge >= 0.3 is 17.9 Å². The summed E-state index contributed by atoms with van der Waals surface area (Å²) in [6.07, 6.45) is -0.181. The third-order valence-electron chi connectivity index (χ3n) is 3.56. The van der Waals surface area contributed by atoms with Crippen molar-refractivity contribution in [1.82, 2.24) is 10.6 Å². The molecular formula is C15H22N2O8. The van der Waals surface area contributed by atoms with E-state index in [0.29, 0.717) is 0 Å². The van der Waals surface area contributed by atoms with E-state index in [1.807, 2.05) is 0 Å². The Bertz CT molecular complexity index is 548. The fraction of sp³-hybridized carbons (Fsp3) is 0.667. The fourth-order valence-electron chi connectivity index (χ4n) is 2.39. The number of carbonyl (C=O) groups excluding carboxylic acids is 4. The first-order valence-electron chi connectivity index (χ1n) is 7.94. The highest BCUT2D eigenvalue weighted by atomic mass is 16.5. The van der Waals surface area contributed by atoms with Gasteiger partial charge in [-0.1, -0.05) is 0 Å². The smallest absolute Gasteiger partial charge is 0.327 e. The molecule has 1 saturated heterocycles. The van der Waals surface area contributed by atoms with Gasteiger partial charge in [0.15, 0.2) is 0 Å². The summed E-state index contributed by atoms with van der Waals surface area (Å²) in [5.41, 5.74) is 0. The van der Waals surface area contributed by atoms with Crippen molar-refractivity contribution in [3.05, 3.63) is 0 Å². The molecule has 10 heteroatoms. The highest BCUT2D eigenvalue weighted by Gasteiger charge is 2.40. The number of carbonyl (C=O) groups is 5. The molecule has 10 nitrogen and oxygen atoms in total. The van der Waals surface area contributed by atoms with Gasteiger partial charge in [0.25, 0.3) is 0 Å². The maximum atomic E-state index is 12.1. The summed E-state index contributed by atoms with van der Waals surface area (Å²) in [6, 6.07) is -2.56. The average molecular weight is 358 g/mol. The molecule has 1 aliphatic rings. The van der Waals surface area contributed by atoms with Crippen molar-refractivity contribution >= 4 is 29.7 Å². The number of rotatable bonds is 9. The second-order valence-electron chi connectivity index (χ2n) is 5.35. The van der Waals surface area contributed by atoms with Crippen molar-refractivity contribution in [2.24, 2.45) is 5.92 Å². The molecule has 0 unspecified atom stereocenters. The summed E-state index contributed by atoms with van der Waals surface area (Å²) < 4.78 is 9.55. The normalized spacial score (nSPS) is 18.6. The van der Waals surface area contributed by atoms with Gasteiger partial charge in [0.05, 0.1) is 25.6 Å². The molecule has 0 aromatic heterocycles. The zero-order valence-electron chi connectivity index (χ0n) is 14.1. The number of hydrogen-bond acceptors (Lipinski definition) is 7. The van der Waals surface area contributed by atoms with Gasteiger partial charge in [-0.15, -0.1) is 0 Å². The lowest BCUT2D eigenvalue weighted by molar-refractivity contribution is -0.160. The highest BCUT2D eigenvalue weighted by Crippen LogP contribution is 2.15. The third-order valence-corrected chi connectivity index (χ3v) is 3.56. The average Bonchev–Trinajstić information content (AvgIpc) is 2.97. The fourth-order valence-corrected chi connectivity index (χ4v) is 2.39. The Kier molecular flexibility index (Phi) is 7.83. The topological polar surface area (TPSA) is 148 Å². The lowest BCUT2D eigenvalue weighted by Crippen LogP contribution is -2.54. The van der Waals surface area contributed by atoms with Crippen LogP contribution in [-0.2, 0) is 33.4 Å². The lowest BCUT2D eigenvalue weighted by Gasteiger charge is -2.24. The van der Waals surface area contributed by atoms with Crippen LogP contribution in [0.2, 0.25) is 0 Å². The standard InChI is InChI=1S/C15H22N2O8/c1-3-24-11(19)7-8(15(23)25-4-2)12(14(21)22)17-13(20)9-5-6-10(18)16-9/h8-9,12H,3-7H2,1-2H3,(H,16,18)(H,17,20)(H,21,22)/t8-,9+,12+/m0/s1. The van der Waals surface area contributed by atoms with Crippen molar-refractivity contribution in [2.45, 2.75) is 45.2 Å². The molecule has 0 bridgehead atoms. The van der Waals surface area contributed by atoms with E-state index in [1.54, 1.807) is 6.92 Å². The number of carboxylic acid groups (broad SMARTS) is 1. The molecule has 0 spiro atoms. The Balaban J connectivity index is 2.91. The Labute approximate surface area is 144 Å². The number of amides is 2. The second-order valence-corrected chi connectivity index (χ2v) is 5.35. The molecule has 0 saturated carbocycles.